The lowest BCUT2D eigenvalue weighted by Gasteiger charge is -2.28. The number of hydrogen-bond donors (Lipinski definition) is 2. The molecule has 0 bridgehead atoms. The van der Waals surface area contributed by atoms with Gasteiger partial charge in [0.15, 0.2) is 0 Å². The number of nitrogens with two attached hydrogens (primary N) is 1. The van der Waals surface area contributed by atoms with Gasteiger partial charge in [0.05, 0.1) is 5.60 Å². The molecule has 1 aromatic carbocycles. The predicted octanol–water partition coefficient (Wildman–Crippen LogP) is 2.50. The van der Waals surface area contributed by atoms with Crippen LogP contribution >= 0.6 is 0 Å². The van der Waals surface area contributed by atoms with E-state index in [1.807, 2.05) is 43.3 Å². The normalized spacial score (nSPS) is 14.1. The molecule has 0 fully saturated rings. The maximum Gasteiger partial charge on any atom is 0.129 e. The lowest BCUT2D eigenvalue weighted by atomic mass is 9.85. The zero-order chi connectivity index (χ0) is 13.0. The van der Waals surface area contributed by atoms with Crippen LogP contribution in [-0.2, 0) is 12.0 Å². The number of anilines is 1. The summed E-state index contributed by atoms with van der Waals surface area (Å²) < 4.78 is 0. The molecule has 0 radical (unpaired) electrons. The van der Waals surface area contributed by atoms with E-state index in [1.165, 1.54) is 0 Å². The lowest BCUT2D eigenvalue weighted by Crippen LogP contribution is -2.29. The Hall–Kier alpha value is -1.87. The first-order valence-corrected chi connectivity index (χ1v) is 6.13. The topological polar surface area (TPSA) is 59.1 Å². The molecule has 2 rings (SSSR count). The highest BCUT2D eigenvalue weighted by molar-refractivity contribution is 5.43. The molecule has 0 aliphatic carbocycles. The van der Waals surface area contributed by atoms with Crippen molar-refractivity contribution >= 4 is 5.82 Å². The molecule has 94 valence electrons. The van der Waals surface area contributed by atoms with E-state index < -0.39 is 5.60 Å². The number of hydrogen-bond acceptors (Lipinski definition) is 3. The van der Waals surface area contributed by atoms with Crippen molar-refractivity contribution in [1.29, 1.82) is 0 Å². The number of aliphatic hydroxyl groups is 1. The molecule has 0 spiro atoms. The van der Waals surface area contributed by atoms with Crippen molar-refractivity contribution < 1.29 is 5.11 Å². The van der Waals surface area contributed by atoms with Crippen molar-refractivity contribution in [1.82, 2.24) is 4.98 Å². The molecule has 3 N–H and O–H groups in total. The molecule has 1 unspecified atom stereocenters. The molecule has 3 heteroatoms. The van der Waals surface area contributed by atoms with Crippen LogP contribution in [0.5, 0.6) is 0 Å². The third-order valence-electron chi connectivity index (χ3n) is 3.26. The Morgan fingerprint density at radius 1 is 1.17 bits per heavy atom. The molecule has 0 saturated carbocycles. The first kappa shape index (κ1) is 12.6. The minimum Gasteiger partial charge on any atom is -0.385 e. The molecule has 0 saturated heterocycles. The van der Waals surface area contributed by atoms with Crippen LogP contribution in [0.1, 0.15) is 24.5 Å². The van der Waals surface area contributed by atoms with Crippen molar-refractivity contribution in [2.24, 2.45) is 0 Å². The fraction of sp³-hybridized carbons (Fsp3) is 0.267. The maximum absolute atomic E-state index is 10.8. The van der Waals surface area contributed by atoms with Gasteiger partial charge >= 0.3 is 0 Å². The van der Waals surface area contributed by atoms with Gasteiger partial charge in [0.1, 0.15) is 5.82 Å². The highest BCUT2D eigenvalue weighted by atomic mass is 16.3. The van der Waals surface area contributed by atoms with Crippen molar-refractivity contribution in [2.75, 3.05) is 5.73 Å². The Morgan fingerprint density at radius 2 is 1.89 bits per heavy atom. The fourth-order valence-electron chi connectivity index (χ4n) is 2.16. The summed E-state index contributed by atoms with van der Waals surface area (Å²) in [5.74, 6) is 0.401. The lowest BCUT2D eigenvalue weighted by molar-refractivity contribution is 0.0332. The Bertz CT molecular complexity index is 513. The molecule has 0 amide bonds. The summed E-state index contributed by atoms with van der Waals surface area (Å²) in [6.07, 6.45) is 2.77. The molecule has 0 aliphatic heterocycles. The largest absolute Gasteiger partial charge is 0.385 e. The van der Waals surface area contributed by atoms with Gasteiger partial charge in [0.25, 0.3) is 0 Å². The van der Waals surface area contributed by atoms with E-state index in [2.05, 4.69) is 4.98 Å². The van der Waals surface area contributed by atoms with Crippen molar-refractivity contribution in [3.05, 3.63) is 59.8 Å². The molecular weight excluding hydrogens is 224 g/mol. The van der Waals surface area contributed by atoms with Crippen molar-refractivity contribution in [2.45, 2.75) is 25.4 Å². The van der Waals surface area contributed by atoms with Gasteiger partial charge in [-0.05, 0) is 18.1 Å². The van der Waals surface area contributed by atoms with Gasteiger partial charge in [-0.1, -0.05) is 43.3 Å². The molecule has 1 atom stereocenters. The summed E-state index contributed by atoms with van der Waals surface area (Å²) in [6, 6.07) is 13.6. The third-order valence-corrected chi connectivity index (χ3v) is 3.26. The van der Waals surface area contributed by atoms with Crippen LogP contribution in [0.3, 0.4) is 0 Å². The molecule has 2 aromatic rings. The van der Waals surface area contributed by atoms with Crippen molar-refractivity contribution in [3.8, 4) is 0 Å². The van der Waals surface area contributed by atoms with Gasteiger partial charge < -0.3 is 10.8 Å². The van der Waals surface area contributed by atoms with Crippen LogP contribution in [0.2, 0.25) is 0 Å². The molecule has 3 nitrogen and oxygen atoms in total. The average Bonchev–Trinajstić information content (AvgIpc) is 2.40. The van der Waals surface area contributed by atoms with Gasteiger partial charge in [0.2, 0.25) is 0 Å². The van der Waals surface area contributed by atoms with Crippen LogP contribution in [0, 0.1) is 0 Å². The van der Waals surface area contributed by atoms with Crippen LogP contribution in [-0.4, -0.2) is 10.1 Å². The molecule has 18 heavy (non-hydrogen) atoms. The average molecular weight is 242 g/mol. The highest BCUT2D eigenvalue weighted by Gasteiger charge is 2.29. The molecule has 0 aliphatic rings. The standard InChI is InChI=1S/C15H18N2O/c1-2-15(18,11-12-7-4-3-5-8-12)13-9-6-10-17-14(13)16/h3-10,18H,2,11H2,1H3,(H2,16,17). The van der Waals surface area contributed by atoms with E-state index in [4.69, 9.17) is 5.73 Å². The van der Waals surface area contributed by atoms with Gasteiger partial charge in [-0.3, -0.25) is 0 Å². The second-order valence-electron chi connectivity index (χ2n) is 4.48. The summed E-state index contributed by atoms with van der Waals surface area (Å²) >= 11 is 0. The number of benzene rings is 1. The van der Waals surface area contributed by atoms with Crippen LogP contribution in [0.15, 0.2) is 48.7 Å². The Balaban J connectivity index is 2.34. The number of nitrogen functional groups attached to an aromatic ring is 1. The summed E-state index contributed by atoms with van der Waals surface area (Å²) in [4.78, 5) is 4.05. The van der Waals surface area contributed by atoms with Crippen LogP contribution < -0.4 is 5.73 Å². The van der Waals surface area contributed by atoms with Crippen LogP contribution in [0.4, 0.5) is 5.82 Å². The van der Waals surface area contributed by atoms with Gasteiger partial charge in [-0.25, -0.2) is 4.98 Å². The summed E-state index contributed by atoms with van der Waals surface area (Å²) in [6.45, 7) is 1.95. The summed E-state index contributed by atoms with van der Waals surface area (Å²) in [5, 5.41) is 10.8. The SMILES string of the molecule is CCC(O)(Cc1ccccc1)c1cccnc1N. The Morgan fingerprint density at radius 3 is 2.50 bits per heavy atom. The minimum absolute atomic E-state index is 0.401. The Labute approximate surface area is 107 Å². The van der Waals surface area contributed by atoms with E-state index >= 15 is 0 Å². The molecule has 1 heterocycles. The van der Waals surface area contributed by atoms with Crippen molar-refractivity contribution in [3.63, 3.8) is 0 Å². The second-order valence-corrected chi connectivity index (χ2v) is 4.48. The quantitative estimate of drug-likeness (QED) is 0.866. The number of rotatable bonds is 4. The maximum atomic E-state index is 10.8. The van der Waals surface area contributed by atoms with E-state index in [0.29, 0.717) is 24.2 Å². The van der Waals surface area contributed by atoms with Crippen LogP contribution in [0.25, 0.3) is 0 Å². The fourth-order valence-corrected chi connectivity index (χ4v) is 2.16. The monoisotopic (exact) mass is 242 g/mol. The minimum atomic E-state index is -0.959. The smallest absolute Gasteiger partial charge is 0.129 e. The third kappa shape index (κ3) is 2.51. The van der Waals surface area contributed by atoms with E-state index in [0.717, 1.165) is 5.56 Å². The predicted molar refractivity (Wildman–Crippen MR) is 73.0 cm³/mol. The van der Waals surface area contributed by atoms with E-state index in [-0.39, 0.29) is 0 Å². The van der Waals surface area contributed by atoms with Gasteiger partial charge in [-0.2, -0.15) is 0 Å². The number of pyridine rings is 1. The zero-order valence-electron chi connectivity index (χ0n) is 10.5. The highest BCUT2D eigenvalue weighted by Crippen LogP contribution is 2.31. The van der Waals surface area contributed by atoms with E-state index in [9.17, 15) is 5.11 Å². The number of aromatic nitrogens is 1. The molecular formula is C15H18N2O. The summed E-state index contributed by atoms with van der Waals surface area (Å²) in [5.41, 5.74) is 6.70. The first-order chi connectivity index (χ1) is 8.65. The molecule has 1 aromatic heterocycles. The zero-order valence-corrected chi connectivity index (χ0v) is 10.5. The first-order valence-electron chi connectivity index (χ1n) is 6.13. The Kier molecular flexibility index (Phi) is 3.63. The second kappa shape index (κ2) is 5.19. The van der Waals surface area contributed by atoms with Gasteiger partial charge in [0, 0.05) is 18.2 Å². The van der Waals surface area contributed by atoms with Gasteiger partial charge in [-0.15, -0.1) is 0 Å². The number of nitrogens with zero attached hydrogens (tertiary/aromatic N) is 1. The van der Waals surface area contributed by atoms with E-state index in [1.54, 1.807) is 12.3 Å². The summed E-state index contributed by atoms with van der Waals surface area (Å²) in [7, 11) is 0.